The van der Waals surface area contributed by atoms with Gasteiger partial charge in [0.25, 0.3) is 0 Å². The van der Waals surface area contributed by atoms with E-state index >= 15 is 0 Å². The molecule has 2 fully saturated rings. The Kier molecular flexibility index (Phi) is 9.87. The predicted molar refractivity (Wildman–Crippen MR) is 107 cm³/mol. The van der Waals surface area contributed by atoms with E-state index in [0.717, 1.165) is 57.4 Å². The number of carbonyl (C=O) groups excluding carboxylic acids is 1. The van der Waals surface area contributed by atoms with Crippen molar-refractivity contribution in [2.45, 2.75) is 25.7 Å². The molecule has 1 N–H and O–H groups in total. The summed E-state index contributed by atoms with van der Waals surface area (Å²) in [5.41, 5.74) is 0. The summed E-state index contributed by atoms with van der Waals surface area (Å²) in [7, 11) is 0. The Hall–Kier alpha value is -0.750. The van der Waals surface area contributed by atoms with E-state index in [9.17, 15) is 4.79 Å². The van der Waals surface area contributed by atoms with Gasteiger partial charge in [0, 0.05) is 38.8 Å². The normalized spacial score (nSPS) is 18.3. The lowest BCUT2D eigenvalue weighted by Crippen LogP contribution is -2.49. The van der Waals surface area contributed by atoms with E-state index < -0.39 is 0 Å². The van der Waals surface area contributed by atoms with Gasteiger partial charge in [-0.3, -0.25) is 4.79 Å². The third-order valence-electron chi connectivity index (χ3n) is 4.89. The molecular formula is C17H27Cl3N4O. The Morgan fingerprint density at radius 1 is 1.16 bits per heavy atom. The molecule has 0 radical (unpaired) electrons. The highest BCUT2D eigenvalue weighted by atomic mass is 35.5. The van der Waals surface area contributed by atoms with Crippen LogP contribution in [0.5, 0.6) is 0 Å². The number of hydrogen-bond acceptors (Lipinski definition) is 4. The van der Waals surface area contributed by atoms with Crippen molar-refractivity contribution in [2.75, 3.05) is 44.2 Å². The smallest absolute Gasteiger partial charge is 0.222 e. The Labute approximate surface area is 167 Å². The number of nitrogens with zero attached hydrogens (tertiary/aromatic N) is 3. The van der Waals surface area contributed by atoms with Crippen molar-refractivity contribution >= 4 is 48.1 Å². The summed E-state index contributed by atoms with van der Waals surface area (Å²) in [4.78, 5) is 21.0. The third kappa shape index (κ3) is 6.48. The predicted octanol–water partition coefficient (Wildman–Crippen LogP) is 3.01. The molecule has 2 aliphatic rings. The van der Waals surface area contributed by atoms with Crippen LogP contribution in [-0.2, 0) is 4.79 Å². The van der Waals surface area contributed by atoms with Crippen LogP contribution in [0.4, 0.5) is 5.82 Å². The maximum absolute atomic E-state index is 12.4. The largest absolute Gasteiger partial charge is 0.353 e. The fourth-order valence-corrected chi connectivity index (χ4v) is 3.51. The van der Waals surface area contributed by atoms with Gasteiger partial charge in [0.05, 0.1) is 5.02 Å². The zero-order chi connectivity index (χ0) is 16.1. The van der Waals surface area contributed by atoms with Gasteiger partial charge in [-0.15, -0.1) is 24.8 Å². The fourth-order valence-electron chi connectivity index (χ4n) is 3.40. The number of pyridine rings is 1. The average molecular weight is 410 g/mol. The number of piperazine rings is 1. The number of rotatable bonds is 4. The van der Waals surface area contributed by atoms with E-state index in [2.05, 4.69) is 15.2 Å². The van der Waals surface area contributed by atoms with Crippen LogP contribution in [0, 0.1) is 5.92 Å². The van der Waals surface area contributed by atoms with Gasteiger partial charge >= 0.3 is 0 Å². The highest BCUT2D eigenvalue weighted by molar-refractivity contribution is 6.30. The first-order chi connectivity index (χ1) is 11.2. The molecule has 2 saturated heterocycles. The van der Waals surface area contributed by atoms with Crippen LogP contribution in [0.1, 0.15) is 25.7 Å². The summed E-state index contributed by atoms with van der Waals surface area (Å²) in [6, 6.07) is 3.80. The van der Waals surface area contributed by atoms with Crippen molar-refractivity contribution in [1.29, 1.82) is 0 Å². The number of nitrogens with one attached hydrogen (secondary N) is 1. The van der Waals surface area contributed by atoms with E-state index in [1.54, 1.807) is 6.20 Å². The molecule has 8 heteroatoms. The molecule has 3 heterocycles. The molecule has 3 rings (SSSR count). The fraction of sp³-hybridized carbons (Fsp3) is 0.647. The quantitative estimate of drug-likeness (QED) is 0.830. The van der Waals surface area contributed by atoms with Gasteiger partial charge in [0.1, 0.15) is 5.82 Å². The van der Waals surface area contributed by atoms with Gasteiger partial charge in [0.2, 0.25) is 5.91 Å². The lowest BCUT2D eigenvalue weighted by molar-refractivity contribution is -0.131. The lowest BCUT2D eigenvalue weighted by atomic mass is 9.93. The summed E-state index contributed by atoms with van der Waals surface area (Å²) in [6.07, 6.45) is 5.84. The molecule has 1 aromatic heterocycles. The molecule has 0 saturated carbocycles. The van der Waals surface area contributed by atoms with Crippen LogP contribution in [0.25, 0.3) is 0 Å². The van der Waals surface area contributed by atoms with Gasteiger partial charge in [-0.25, -0.2) is 4.98 Å². The molecule has 5 nitrogen and oxygen atoms in total. The Balaban J connectivity index is 0.00000156. The summed E-state index contributed by atoms with van der Waals surface area (Å²) < 4.78 is 0. The number of anilines is 1. The van der Waals surface area contributed by atoms with E-state index in [4.69, 9.17) is 11.6 Å². The molecule has 0 unspecified atom stereocenters. The topological polar surface area (TPSA) is 48.5 Å². The summed E-state index contributed by atoms with van der Waals surface area (Å²) in [5.74, 6) is 1.98. The van der Waals surface area contributed by atoms with Gasteiger partial charge in [-0.2, -0.15) is 0 Å². The van der Waals surface area contributed by atoms with E-state index in [1.165, 1.54) is 12.8 Å². The number of carbonyl (C=O) groups is 1. The molecule has 1 aromatic rings. The second-order valence-corrected chi connectivity index (χ2v) is 6.87. The van der Waals surface area contributed by atoms with Crippen molar-refractivity contribution in [3.63, 3.8) is 0 Å². The van der Waals surface area contributed by atoms with Crippen LogP contribution >= 0.6 is 36.4 Å². The molecule has 0 spiro atoms. The van der Waals surface area contributed by atoms with Crippen molar-refractivity contribution in [3.05, 3.63) is 23.4 Å². The van der Waals surface area contributed by atoms with Gasteiger partial charge in [-0.1, -0.05) is 11.6 Å². The van der Waals surface area contributed by atoms with Gasteiger partial charge in [0.15, 0.2) is 0 Å². The first-order valence-electron chi connectivity index (χ1n) is 8.57. The summed E-state index contributed by atoms with van der Waals surface area (Å²) >= 11 is 5.88. The zero-order valence-corrected chi connectivity index (χ0v) is 16.7. The van der Waals surface area contributed by atoms with E-state index in [1.807, 2.05) is 17.0 Å². The summed E-state index contributed by atoms with van der Waals surface area (Å²) in [6.45, 7) is 5.46. The Morgan fingerprint density at radius 2 is 1.84 bits per heavy atom. The first kappa shape index (κ1) is 22.3. The second-order valence-electron chi connectivity index (χ2n) is 6.43. The molecule has 0 bridgehead atoms. The van der Waals surface area contributed by atoms with Crippen molar-refractivity contribution < 1.29 is 4.79 Å². The van der Waals surface area contributed by atoms with Gasteiger partial charge in [-0.05, 0) is 50.4 Å². The van der Waals surface area contributed by atoms with E-state index in [-0.39, 0.29) is 24.8 Å². The monoisotopic (exact) mass is 408 g/mol. The second kappa shape index (κ2) is 11.1. The molecule has 25 heavy (non-hydrogen) atoms. The molecule has 0 aliphatic carbocycles. The first-order valence-corrected chi connectivity index (χ1v) is 8.95. The van der Waals surface area contributed by atoms with Gasteiger partial charge < -0.3 is 15.1 Å². The van der Waals surface area contributed by atoms with Crippen LogP contribution < -0.4 is 10.2 Å². The minimum atomic E-state index is 0. The lowest BCUT2D eigenvalue weighted by Gasteiger charge is -2.35. The van der Waals surface area contributed by atoms with Crippen molar-refractivity contribution in [3.8, 4) is 0 Å². The van der Waals surface area contributed by atoms with Crippen molar-refractivity contribution in [1.82, 2.24) is 15.2 Å². The molecule has 142 valence electrons. The SMILES string of the molecule is Cl.Cl.O=C(CCC1CCNCC1)N1CCN(c2ccc(Cl)cn2)CC1. The highest BCUT2D eigenvalue weighted by Crippen LogP contribution is 2.20. The number of piperidine rings is 1. The molecule has 2 aliphatic heterocycles. The Morgan fingerprint density at radius 3 is 2.44 bits per heavy atom. The number of hydrogen-bond donors (Lipinski definition) is 1. The molecule has 1 amide bonds. The minimum Gasteiger partial charge on any atom is -0.353 e. The third-order valence-corrected chi connectivity index (χ3v) is 5.12. The number of amides is 1. The zero-order valence-electron chi connectivity index (χ0n) is 14.3. The number of halogens is 3. The van der Waals surface area contributed by atoms with E-state index in [0.29, 0.717) is 17.4 Å². The van der Waals surface area contributed by atoms with Crippen LogP contribution in [0.2, 0.25) is 5.02 Å². The number of aromatic nitrogens is 1. The average Bonchev–Trinajstić information content (AvgIpc) is 2.61. The maximum Gasteiger partial charge on any atom is 0.222 e. The van der Waals surface area contributed by atoms with Crippen LogP contribution in [0.3, 0.4) is 0 Å². The minimum absolute atomic E-state index is 0. The standard InChI is InChI=1S/C17H25ClN4O.2ClH/c18-15-2-3-16(20-13-15)21-9-11-22(12-10-21)17(23)4-1-14-5-7-19-8-6-14;;/h2-3,13-14,19H,1,4-12H2;2*1H. The summed E-state index contributed by atoms with van der Waals surface area (Å²) in [5, 5.41) is 4.03. The highest BCUT2D eigenvalue weighted by Gasteiger charge is 2.23. The van der Waals surface area contributed by atoms with Crippen molar-refractivity contribution in [2.24, 2.45) is 5.92 Å². The van der Waals surface area contributed by atoms with Crippen LogP contribution in [-0.4, -0.2) is 55.1 Å². The molecule has 0 aromatic carbocycles. The molecule has 0 atom stereocenters. The Bertz CT molecular complexity index is 515. The maximum atomic E-state index is 12.4. The van der Waals surface area contributed by atoms with Crippen LogP contribution in [0.15, 0.2) is 18.3 Å². The molecular weight excluding hydrogens is 383 g/mol.